The van der Waals surface area contributed by atoms with E-state index in [-0.39, 0.29) is 35.4 Å². The molecular formula is C20H26O3. The molecule has 0 amide bonds. The van der Waals surface area contributed by atoms with Gasteiger partial charge in [-0.25, -0.2) is 4.79 Å². The Hall–Kier alpha value is -1.90. The lowest BCUT2D eigenvalue weighted by Gasteiger charge is -2.39. The standard InChI is InChI=1S/C20H26O3/c1-14-9-8-12-20(3,4)18(14)17(21)13-15(2)23-19(22)16-10-6-5-7-11-16/h5-11,14-15,18H,12-13H2,1-4H3/t14-,15?,18-/m1/s1. The lowest BCUT2D eigenvalue weighted by Crippen LogP contribution is -2.38. The molecule has 0 saturated heterocycles. The largest absolute Gasteiger partial charge is 0.459 e. The first-order valence-electron chi connectivity index (χ1n) is 8.26. The highest BCUT2D eigenvalue weighted by atomic mass is 16.5. The minimum atomic E-state index is -0.413. The van der Waals surface area contributed by atoms with Crippen molar-refractivity contribution in [2.45, 2.75) is 46.6 Å². The summed E-state index contributed by atoms with van der Waals surface area (Å²) in [6, 6.07) is 8.88. The van der Waals surface area contributed by atoms with Crippen LogP contribution in [0.5, 0.6) is 0 Å². The minimum absolute atomic E-state index is 0.0228. The lowest BCUT2D eigenvalue weighted by atomic mass is 9.65. The molecule has 3 nitrogen and oxygen atoms in total. The number of carbonyl (C=O) groups is 2. The van der Waals surface area contributed by atoms with Crippen LogP contribution >= 0.6 is 0 Å². The summed E-state index contributed by atoms with van der Waals surface area (Å²) in [5.74, 6) is 0.00983. The predicted octanol–water partition coefficient (Wildman–Crippen LogP) is 4.43. The average Bonchev–Trinajstić information content (AvgIpc) is 2.46. The van der Waals surface area contributed by atoms with Crippen LogP contribution in [-0.4, -0.2) is 17.9 Å². The molecule has 124 valence electrons. The summed E-state index contributed by atoms with van der Waals surface area (Å²) in [4.78, 5) is 24.8. The van der Waals surface area contributed by atoms with Crippen LogP contribution in [0.15, 0.2) is 42.5 Å². The number of ether oxygens (including phenoxy) is 1. The quantitative estimate of drug-likeness (QED) is 0.596. The van der Waals surface area contributed by atoms with Gasteiger partial charge in [-0.05, 0) is 36.8 Å². The maximum Gasteiger partial charge on any atom is 0.338 e. The predicted molar refractivity (Wildman–Crippen MR) is 91.1 cm³/mol. The maximum absolute atomic E-state index is 12.7. The third kappa shape index (κ3) is 4.31. The van der Waals surface area contributed by atoms with Crippen LogP contribution in [-0.2, 0) is 9.53 Å². The Balaban J connectivity index is 1.97. The fourth-order valence-corrected chi connectivity index (χ4v) is 3.54. The Morgan fingerprint density at radius 3 is 2.52 bits per heavy atom. The molecular weight excluding hydrogens is 288 g/mol. The van der Waals surface area contributed by atoms with E-state index in [9.17, 15) is 9.59 Å². The van der Waals surface area contributed by atoms with Gasteiger partial charge in [-0.1, -0.05) is 51.1 Å². The molecule has 2 rings (SSSR count). The smallest absolute Gasteiger partial charge is 0.338 e. The molecule has 0 spiro atoms. The number of allylic oxidation sites excluding steroid dienone is 2. The van der Waals surface area contributed by atoms with E-state index < -0.39 is 6.10 Å². The number of benzene rings is 1. The second-order valence-electron chi connectivity index (χ2n) is 7.21. The van der Waals surface area contributed by atoms with Crippen molar-refractivity contribution in [2.75, 3.05) is 0 Å². The maximum atomic E-state index is 12.7. The van der Waals surface area contributed by atoms with Gasteiger partial charge in [0.25, 0.3) is 0 Å². The molecule has 1 unspecified atom stereocenters. The van der Waals surface area contributed by atoms with Crippen LogP contribution in [0, 0.1) is 17.3 Å². The van der Waals surface area contributed by atoms with Crippen molar-refractivity contribution in [1.82, 2.24) is 0 Å². The summed E-state index contributed by atoms with van der Waals surface area (Å²) >= 11 is 0. The van der Waals surface area contributed by atoms with Crippen molar-refractivity contribution in [3.8, 4) is 0 Å². The van der Waals surface area contributed by atoms with E-state index in [4.69, 9.17) is 4.74 Å². The molecule has 3 heteroatoms. The topological polar surface area (TPSA) is 43.4 Å². The minimum Gasteiger partial charge on any atom is -0.459 e. The number of carbonyl (C=O) groups excluding carboxylic acids is 2. The number of hydrogen-bond acceptors (Lipinski definition) is 3. The number of ketones is 1. The lowest BCUT2D eigenvalue weighted by molar-refractivity contribution is -0.130. The molecule has 0 N–H and O–H groups in total. The molecule has 0 heterocycles. The summed E-state index contributed by atoms with van der Waals surface area (Å²) in [5, 5.41) is 0. The summed E-state index contributed by atoms with van der Waals surface area (Å²) < 4.78 is 5.42. The Bertz CT molecular complexity index is 586. The van der Waals surface area contributed by atoms with Gasteiger partial charge in [0.15, 0.2) is 0 Å². The Labute approximate surface area is 138 Å². The first kappa shape index (κ1) is 17.5. The summed E-state index contributed by atoms with van der Waals surface area (Å²) in [6.07, 6.45) is 5.04. The third-order valence-electron chi connectivity index (χ3n) is 4.60. The van der Waals surface area contributed by atoms with Gasteiger partial charge in [0.2, 0.25) is 0 Å². The summed E-state index contributed by atoms with van der Waals surface area (Å²) in [6.45, 7) is 8.14. The fourth-order valence-electron chi connectivity index (χ4n) is 3.54. The second kappa shape index (κ2) is 7.12. The van der Waals surface area contributed by atoms with Gasteiger partial charge in [0, 0.05) is 12.3 Å². The molecule has 0 radical (unpaired) electrons. The Morgan fingerprint density at radius 2 is 1.91 bits per heavy atom. The zero-order valence-electron chi connectivity index (χ0n) is 14.4. The number of esters is 1. The van der Waals surface area contributed by atoms with Crippen LogP contribution in [0.25, 0.3) is 0 Å². The highest BCUT2D eigenvalue weighted by Gasteiger charge is 2.39. The van der Waals surface area contributed by atoms with Crippen molar-refractivity contribution >= 4 is 11.8 Å². The Kier molecular flexibility index (Phi) is 5.40. The van der Waals surface area contributed by atoms with Crippen molar-refractivity contribution < 1.29 is 14.3 Å². The van der Waals surface area contributed by atoms with E-state index in [1.54, 1.807) is 31.2 Å². The highest BCUT2D eigenvalue weighted by Crippen LogP contribution is 2.41. The molecule has 23 heavy (non-hydrogen) atoms. The SMILES string of the molecule is CC(CC(=O)[C@H]1[C@H](C)C=CCC1(C)C)OC(=O)c1ccccc1. The van der Waals surface area contributed by atoms with E-state index in [2.05, 4.69) is 32.9 Å². The number of Topliss-reactive ketones (excluding diaryl/α,β-unsaturated/α-hetero) is 1. The van der Waals surface area contributed by atoms with Crippen LogP contribution in [0.3, 0.4) is 0 Å². The molecule has 1 aliphatic rings. The van der Waals surface area contributed by atoms with E-state index in [1.807, 2.05) is 6.07 Å². The van der Waals surface area contributed by atoms with Gasteiger partial charge in [-0.3, -0.25) is 4.79 Å². The van der Waals surface area contributed by atoms with E-state index in [1.165, 1.54) is 0 Å². The molecule has 1 aromatic carbocycles. The normalized spacial score (nSPS) is 24.0. The van der Waals surface area contributed by atoms with E-state index in [0.29, 0.717) is 5.56 Å². The molecule has 0 fully saturated rings. The molecule has 1 aliphatic carbocycles. The van der Waals surface area contributed by atoms with E-state index in [0.717, 1.165) is 6.42 Å². The average molecular weight is 314 g/mol. The van der Waals surface area contributed by atoms with Crippen LogP contribution in [0.2, 0.25) is 0 Å². The summed E-state index contributed by atoms with van der Waals surface area (Å²) in [5.41, 5.74) is 0.468. The van der Waals surface area contributed by atoms with Gasteiger partial charge in [-0.15, -0.1) is 0 Å². The highest BCUT2D eigenvalue weighted by molar-refractivity contribution is 5.90. The first-order chi connectivity index (χ1) is 10.8. The Morgan fingerprint density at radius 1 is 1.26 bits per heavy atom. The van der Waals surface area contributed by atoms with Crippen molar-refractivity contribution in [2.24, 2.45) is 17.3 Å². The molecule has 0 saturated carbocycles. The molecule has 0 aliphatic heterocycles. The molecule has 1 aromatic rings. The monoisotopic (exact) mass is 314 g/mol. The molecule has 0 aromatic heterocycles. The molecule has 3 atom stereocenters. The fraction of sp³-hybridized carbons (Fsp3) is 0.500. The van der Waals surface area contributed by atoms with Gasteiger partial charge in [0.05, 0.1) is 5.56 Å². The van der Waals surface area contributed by atoms with Crippen LogP contribution in [0.4, 0.5) is 0 Å². The third-order valence-corrected chi connectivity index (χ3v) is 4.60. The van der Waals surface area contributed by atoms with Gasteiger partial charge < -0.3 is 4.74 Å². The molecule has 0 bridgehead atoms. The van der Waals surface area contributed by atoms with Crippen LogP contribution in [0.1, 0.15) is 50.9 Å². The first-order valence-corrected chi connectivity index (χ1v) is 8.26. The van der Waals surface area contributed by atoms with Gasteiger partial charge in [0.1, 0.15) is 11.9 Å². The van der Waals surface area contributed by atoms with Crippen LogP contribution < -0.4 is 0 Å². The van der Waals surface area contributed by atoms with Gasteiger partial charge >= 0.3 is 5.97 Å². The second-order valence-corrected chi connectivity index (χ2v) is 7.21. The zero-order valence-corrected chi connectivity index (χ0v) is 14.4. The van der Waals surface area contributed by atoms with Gasteiger partial charge in [-0.2, -0.15) is 0 Å². The van der Waals surface area contributed by atoms with Crippen molar-refractivity contribution in [3.05, 3.63) is 48.0 Å². The zero-order chi connectivity index (χ0) is 17.0. The van der Waals surface area contributed by atoms with Crippen molar-refractivity contribution in [1.29, 1.82) is 0 Å². The number of rotatable bonds is 5. The summed E-state index contributed by atoms with van der Waals surface area (Å²) in [7, 11) is 0. The number of hydrogen-bond donors (Lipinski definition) is 0. The van der Waals surface area contributed by atoms with Crippen molar-refractivity contribution in [3.63, 3.8) is 0 Å². The van der Waals surface area contributed by atoms with E-state index >= 15 is 0 Å².